The molecule has 2 N–H and O–H groups in total. The number of hydrogen-bond acceptors (Lipinski definition) is 6. The van der Waals surface area contributed by atoms with Gasteiger partial charge in [0, 0.05) is 57.2 Å². The molecule has 0 saturated carbocycles. The Kier molecular flexibility index (Phi) is 6.49. The highest BCUT2D eigenvalue weighted by atomic mass is 16.2. The number of hydrogen-bond donors (Lipinski definition) is 1. The Labute approximate surface area is 172 Å². The minimum Gasteiger partial charge on any atom is -0.339 e. The van der Waals surface area contributed by atoms with Gasteiger partial charge >= 0.3 is 0 Å². The summed E-state index contributed by atoms with van der Waals surface area (Å²) in [5.74, 6) is 0.255. The maximum Gasteiger partial charge on any atom is 0.236 e. The van der Waals surface area contributed by atoms with Gasteiger partial charge < -0.3 is 10.6 Å². The van der Waals surface area contributed by atoms with Crippen LogP contribution in [0.2, 0.25) is 0 Å². The monoisotopic (exact) mass is 394 g/mol. The van der Waals surface area contributed by atoms with Gasteiger partial charge in [0.15, 0.2) is 0 Å². The van der Waals surface area contributed by atoms with Crippen LogP contribution in [0.3, 0.4) is 0 Å². The van der Waals surface area contributed by atoms with E-state index < -0.39 is 0 Å². The maximum absolute atomic E-state index is 12.8. The summed E-state index contributed by atoms with van der Waals surface area (Å²) in [4.78, 5) is 27.7. The van der Waals surface area contributed by atoms with E-state index in [1.54, 1.807) is 6.33 Å². The maximum atomic E-state index is 12.8. The molecule has 1 saturated heterocycles. The average molecular weight is 395 g/mol. The summed E-state index contributed by atoms with van der Waals surface area (Å²) >= 11 is 0. The van der Waals surface area contributed by atoms with Crippen LogP contribution in [-0.4, -0.2) is 82.9 Å². The Morgan fingerprint density at radius 3 is 2.52 bits per heavy atom. The summed E-state index contributed by atoms with van der Waals surface area (Å²) in [5, 5.41) is 0. The van der Waals surface area contributed by atoms with Crippen molar-refractivity contribution in [1.82, 2.24) is 24.7 Å². The van der Waals surface area contributed by atoms with Crippen LogP contribution in [0, 0.1) is 0 Å². The molecule has 0 spiro atoms. The fraction of sp³-hybridized carbons (Fsp3) is 0.500. The highest BCUT2D eigenvalue weighted by molar-refractivity contribution is 5.78. The predicted octanol–water partition coefficient (Wildman–Crippen LogP) is 0.995. The smallest absolute Gasteiger partial charge is 0.236 e. The molecule has 7 nitrogen and oxygen atoms in total. The molecule has 1 aromatic carbocycles. The van der Waals surface area contributed by atoms with Gasteiger partial charge in [-0.15, -0.1) is 0 Å². The first-order chi connectivity index (χ1) is 14.2. The first-order valence-corrected chi connectivity index (χ1v) is 10.5. The molecule has 0 unspecified atom stereocenters. The quantitative estimate of drug-likeness (QED) is 0.787. The fourth-order valence-corrected chi connectivity index (χ4v) is 4.20. The van der Waals surface area contributed by atoms with E-state index in [-0.39, 0.29) is 5.91 Å². The molecule has 0 atom stereocenters. The molecule has 0 bridgehead atoms. The molecule has 29 heavy (non-hydrogen) atoms. The summed E-state index contributed by atoms with van der Waals surface area (Å²) in [6.07, 6.45) is 7.24. The van der Waals surface area contributed by atoms with Crippen LogP contribution in [0.1, 0.15) is 17.5 Å². The Hall–Kier alpha value is -2.35. The van der Waals surface area contributed by atoms with Crippen LogP contribution >= 0.6 is 0 Å². The lowest BCUT2D eigenvalue weighted by Crippen LogP contribution is -2.51. The van der Waals surface area contributed by atoms with E-state index >= 15 is 0 Å². The summed E-state index contributed by atoms with van der Waals surface area (Å²) in [6.45, 7) is 7.62. The Morgan fingerprint density at radius 1 is 0.966 bits per heavy atom. The average Bonchev–Trinajstić information content (AvgIpc) is 2.78. The molecular weight excluding hydrogens is 364 g/mol. The number of carbonyl (C=O) groups excluding carboxylic acids is 1. The molecule has 1 amide bonds. The second-order valence-electron chi connectivity index (χ2n) is 7.94. The summed E-state index contributed by atoms with van der Waals surface area (Å²) in [5.41, 5.74) is 10.5. The standard InChI is InChI=1S/C22H30N6O/c23-5-1-6-26-8-10-28(11-9-26)22(29)16-27-7-4-19-12-18(2-3-20(19)15-27)21-13-24-17-25-14-21/h2-3,12-14,17H,1,4-11,15-16,23H2. The van der Waals surface area contributed by atoms with Crippen LogP contribution in [0.5, 0.6) is 0 Å². The first-order valence-electron chi connectivity index (χ1n) is 10.5. The van der Waals surface area contributed by atoms with Crippen molar-refractivity contribution in [2.45, 2.75) is 19.4 Å². The SMILES string of the molecule is NCCCN1CCN(C(=O)CN2CCc3cc(-c4cncnc4)ccc3C2)CC1. The Morgan fingerprint density at radius 2 is 1.76 bits per heavy atom. The van der Waals surface area contributed by atoms with Crippen molar-refractivity contribution in [2.75, 3.05) is 52.4 Å². The number of carbonyl (C=O) groups is 1. The number of rotatable bonds is 6. The molecule has 0 radical (unpaired) electrons. The largest absolute Gasteiger partial charge is 0.339 e. The third-order valence-electron chi connectivity index (χ3n) is 5.95. The summed E-state index contributed by atoms with van der Waals surface area (Å²) in [6, 6.07) is 6.56. The molecule has 1 aromatic heterocycles. The van der Waals surface area contributed by atoms with Crippen molar-refractivity contribution in [3.05, 3.63) is 48.0 Å². The number of amides is 1. The predicted molar refractivity (Wildman–Crippen MR) is 113 cm³/mol. The lowest BCUT2D eigenvalue weighted by molar-refractivity contribution is -0.134. The van der Waals surface area contributed by atoms with Crippen LogP contribution in [-0.2, 0) is 17.8 Å². The van der Waals surface area contributed by atoms with Gasteiger partial charge in [0.05, 0.1) is 6.54 Å². The fourth-order valence-electron chi connectivity index (χ4n) is 4.20. The van der Waals surface area contributed by atoms with E-state index in [2.05, 4.69) is 38.0 Å². The molecule has 1 fully saturated rings. The van der Waals surface area contributed by atoms with Gasteiger partial charge in [0.2, 0.25) is 5.91 Å². The van der Waals surface area contributed by atoms with Crippen molar-refractivity contribution in [3.63, 3.8) is 0 Å². The molecule has 2 aliphatic rings. The number of benzene rings is 1. The number of aromatic nitrogens is 2. The number of fused-ring (bicyclic) bond motifs is 1. The molecule has 7 heteroatoms. The van der Waals surface area contributed by atoms with Gasteiger partial charge in [-0.1, -0.05) is 18.2 Å². The van der Waals surface area contributed by atoms with E-state index in [1.807, 2.05) is 17.3 Å². The van der Waals surface area contributed by atoms with Gasteiger partial charge in [-0.3, -0.25) is 14.6 Å². The molecule has 0 aliphatic carbocycles. The second kappa shape index (κ2) is 9.43. The van der Waals surface area contributed by atoms with Crippen LogP contribution < -0.4 is 5.73 Å². The van der Waals surface area contributed by atoms with Crippen LogP contribution in [0.4, 0.5) is 0 Å². The lowest BCUT2D eigenvalue weighted by Gasteiger charge is -2.36. The summed E-state index contributed by atoms with van der Waals surface area (Å²) in [7, 11) is 0. The highest BCUT2D eigenvalue weighted by Crippen LogP contribution is 2.25. The molecule has 2 aromatic rings. The van der Waals surface area contributed by atoms with E-state index in [0.717, 1.165) is 76.3 Å². The normalized spacial score (nSPS) is 17.9. The zero-order valence-corrected chi connectivity index (χ0v) is 17.0. The van der Waals surface area contributed by atoms with Gasteiger partial charge in [0.1, 0.15) is 6.33 Å². The highest BCUT2D eigenvalue weighted by Gasteiger charge is 2.24. The minimum absolute atomic E-state index is 0.255. The molecule has 4 rings (SSSR count). The first kappa shape index (κ1) is 19.9. The van der Waals surface area contributed by atoms with E-state index in [9.17, 15) is 4.79 Å². The van der Waals surface area contributed by atoms with Crippen molar-refractivity contribution >= 4 is 5.91 Å². The minimum atomic E-state index is 0.255. The Balaban J connectivity index is 1.31. The third kappa shape index (κ3) is 4.98. The van der Waals surface area contributed by atoms with E-state index in [1.165, 1.54) is 11.1 Å². The third-order valence-corrected chi connectivity index (χ3v) is 5.95. The number of piperazine rings is 1. The zero-order valence-electron chi connectivity index (χ0n) is 17.0. The van der Waals surface area contributed by atoms with Crippen LogP contribution in [0.15, 0.2) is 36.9 Å². The molecular formula is C22H30N6O. The second-order valence-corrected chi connectivity index (χ2v) is 7.94. The van der Waals surface area contributed by atoms with E-state index in [4.69, 9.17) is 5.73 Å². The van der Waals surface area contributed by atoms with Crippen molar-refractivity contribution in [2.24, 2.45) is 5.73 Å². The summed E-state index contributed by atoms with van der Waals surface area (Å²) < 4.78 is 0. The molecule has 3 heterocycles. The van der Waals surface area contributed by atoms with Crippen molar-refractivity contribution < 1.29 is 4.79 Å². The lowest BCUT2D eigenvalue weighted by atomic mass is 9.95. The topological polar surface area (TPSA) is 78.6 Å². The van der Waals surface area contributed by atoms with Gasteiger partial charge in [-0.2, -0.15) is 0 Å². The van der Waals surface area contributed by atoms with E-state index in [0.29, 0.717) is 6.54 Å². The number of nitrogens with two attached hydrogens (primary N) is 1. The molecule has 154 valence electrons. The number of nitrogens with zero attached hydrogens (tertiary/aromatic N) is 5. The Bertz CT molecular complexity index is 819. The van der Waals surface area contributed by atoms with Crippen molar-refractivity contribution in [1.29, 1.82) is 0 Å². The zero-order chi connectivity index (χ0) is 20.1. The van der Waals surface area contributed by atoms with Crippen molar-refractivity contribution in [3.8, 4) is 11.1 Å². The van der Waals surface area contributed by atoms with Gasteiger partial charge in [0.25, 0.3) is 0 Å². The van der Waals surface area contributed by atoms with Gasteiger partial charge in [-0.25, -0.2) is 9.97 Å². The van der Waals surface area contributed by atoms with Crippen LogP contribution in [0.25, 0.3) is 11.1 Å². The van der Waals surface area contributed by atoms with Gasteiger partial charge in [-0.05, 0) is 42.6 Å². The molecule has 2 aliphatic heterocycles.